The van der Waals surface area contributed by atoms with Crippen LogP contribution in [0, 0.1) is 11.3 Å². The highest BCUT2D eigenvalue weighted by Crippen LogP contribution is 2.55. The molecular formula is C28H42O5. The molecule has 0 saturated heterocycles. The summed E-state index contributed by atoms with van der Waals surface area (Å²) in [5.41, 5.74) is 4.04. The molecule has 3 rings (SSSR count). The predicted octanol–water partition coefficient (Wildman–Crippen LogP) is 5.53. The van der Waals surface area contributed by atoms with Gasteiger partial charge in [-0.25, -0.2) is 4.79 Å². The summed E-state index contributed by atoms with van der Waals surface area (Å²) < 4.78 is 11.0. The second-order valence-electron chi connectivity index (χ2n) is 10.8. The van der Waals surface area contributed by atoms with Gasteiger partial charge in [-0.15, -0.1) is 0 Å². The van der Waals surface area contributed by atoms with E-state index in [1.54, 1.807) is 5.57 Å². The van der Waals surface area contributed by atoms with Crippen LogP contribution in [0.15, 0.2) is 47.1 Å². The first kappa shape index (κ1) is 25.9. The van der Waals surface area contributed by atoms with Crippen LogP contribution in [-0.4, -0.2) is 40.3 Å². The van der Waals surface area contributed by atoms with Crippen molar-refractivity contribution in [1.29, 1.82) is 0 Å². The van der Waals surface area contributed by atoms with E-state index >= 15 is 0 Å². The molecule has 0 spiro atoms. The number of aliphatic hydroxyl groups excluding tert-OH is 1. The third-order valence-corrected chi connectivity index (χ3v) is 8.09. The first-order chi connectivity index (χ1) is 15.4. The Balaban J connectivity index is 1.72. The molecule has 33 heavy (non-hydrogen) atoms. The number of carbonyl (C=O) groups is 1. The van der Waals surface area contributed by atoms with E-state index in [0.29, 0.717) is 17.9 Å². The zero-order chi connectivity index (χ0) is 24.4. The van der Waals surface area contributed by atoms with Gasteiger partial charge in [-0.2, -0.15) is 0 Å². The number of rotatable bonds is 7. The normalized spacial score (nSPS) is 35.0. The third-order valence-electron chi connectivity index (χ3n) is 8.09. The lowest BCUT2D eigenvalue weighted by molar-refractivity contribution is -0.228. The van der Waals surface area contributed by atoms with Crippen LogP contribution in [0.2, 0.25) is 0 Å². The van der Waals surface area contributed by atoms with Crippen LogP contribution in [0.4, 0.5) is 0 Å². The summed E-state index contributed by atoms with van der Waals surface area (Å²) in [5, 5.41) is 21.6. The molecule has 0 aromatic carbocycles. The number of hydrogen-bond acceptors (Lipinski definition) is 5. The number of hydrogen-bond donors (Lipinski definition) is 2. The number of esters is 1. The van der Waals surface area contributed by atoms with Gasteiger partial charge < -0.3 is 19.7 Å². The van der Waals surface area contributed by atoms with E-state index in [2.05, 4.69) is 32.6 Å². The summed E-state index contributed by atoms with van der Waals surface area (Å²) in [6, 6.07) is 0. The minimum absolute atomic E-state index is 0.0192. The molecule has 184 valence electrons. The van der Waals surface area contributed by atoms with Gasteiger partial charge in [0.2, 0.25) is 0 Å². The summed E-state index contributed by atoms with van der Waals surface area (Å²) in [4.78, 5) is 12.2. The predicted molar refractivity (Wildman–Crippen MR) is 130 cm³/mol. The average Bonchev–Trinajstić information content (AvgIpc) is 3.10. The number of aliphatic hydroxyl groups is 2. The molecule has 0 amide bonds. The van der Waals surface area contributed by atoms with Crippen molar-refractivity contribution >= 4 is 5.97 Å². The van der Waals surface area contributed by atoms with E-state index in [-0.39, 0.29) is 24.9 Å². The van der Waals surface area contributed by atoms with Gasteiger partial charge in [-0.3, -0.25) is 0 Å². The molecule has 0 bridgehead atoms. The fraction of sp³-hybridized carbons (Fsp3) is 0.679. The second kappa shape index (κ2) is 9.89. The molecule has 1 unspecified atom stereocenters. The number of ether oxygens (including phenoxy) is 2. The third kappa shape index (κ3) is 5.70. The maximum absolute atomic E-state index is 12.2. The standard InChI is InChI=1S/C28H42O5/c1-7-22-13-14-23-20(10-9-15-27(22,23)6)11-12-21-16-28(31,17-24(29)19(21)3)32-18-25(30)33-26(4,5)8-2/h11-13,23-24,29,31H,3,7-10,14-18H2,1-2,4-6H3/t23-,24?,27+,28-/m0/s1. The minimum Gasteiger partial charge on any atom is -0.458 e. The van der Waals surface area contributed by atoms with Gasteiger partial charge >= 0.3 is 5.97 Å². The number of carbonyl (C=O) groups excluding carboxylic acids is 1. The fourth-order valence-electron chi connectivity index (χ4n) is 5.66. The van der Waals surface area contributed by atoms with Gasteiger partial charge in [0.15, 0.2) is 5.79 Å². The Morgan fingerprint density at radius 1 is 1.33 bits per heavy atom. The Bertz CT molecular complexity index is 864. The summed E-state index contributed by atoms with van der Waals surface area (Å²) in [7, 11) is 0. The van der Waals surface area contributed by atoms with Gasteiger partial charge in [-0.05, 0) is 74.9 Å². The Hall–Kier alpha value is -1.69. The van der Waals surface area contributed by atoms with Crippen molar-refractivity contribution in [2.75, 3.05) is 6.61 Å². The van der Waals surface area contributed by atoms with E-state index in [9.17, 15) is 15.0 Å². The molecule has 2 N–H and O–H groups in total. The first-order valence-corrected chi connectivity index (χ1v) is 12.5. The lowest BCUT2D eigenvalue weighted by Gasteiger charge is -2.41. The lowest BCUT2D eigenvalue weighted by Crippen LogP contribution is -2.43. The van der Waals surface area contributed by atoms with Gasteiger partial charge in [0.1, 0.15) is 12.2 Å². The quantitative estimate of drug-likeness (QED) is 0.298. The van der Waals surface area contributed by atoms with Crippen LogP contribution >= 0.6 is 0 Å². The molecule has 0 aromatic heterocycles. The summed E-state index contributed by atoms with van der Waals surface area (Å²) in [6.45, 7) is 13.9. The van der Waals surface area contributed by atoms with Crippen molar-refractivity contribution in [1.82, 2.24) is 0 Å². The molecule has 2 fully saturated rings. The highest BCUT2D eigenvalue weighted by molar-refractivity contribution is 5.71. The molecule has 0 heterocycles. The van der Waals surface area contributed by atoms with Gasteiger partial charge in [-0.1, -0.05) is 56.7 Å². The summed E-state index contributed by atoms with van der Waals surface area (Å²) in [6.07, 6.45) is 12.2. The largest absolute Gasteiger partial charge is 0.458 e. The van der Waals surface area contributed by atoms with Gasteiger partial charge in [0.05, 0.1) is 6.10 Å². The van der Waals surface area contributed by atoms with Crippen LogP contribution < -0.4 is 0 Å². The molecule has 0 aliphatic heterocycles. The topological polar surface area (TPSA) is 76.0 Å². The molecule has 3 aliphatic rings. The Labute approximate surface area is 199 Å². The Morgan fingerprint density at radius 3 is 2.73 bits per heavy atom. The summed E-state index contributed by atoms with van der Waals surface area (Å²) >= 11 is 0. The maximum Gasteiger partial charge on any atom is 0.332 e. The minimum atomic E-state index is -1.63. The maximum atomic E-state index is 12.2. The zero-order valence-electron chi connectivity index (χ0n) is 21.1. The van der Waals surface area contributed by atoms with E-state index in [4.69, 9.17) is 9.47 Å². The van der Waals surface area contributed by atoms with Crippen molar-refractivity contribution in [2.24, 2.45) is 11.3 Å². The monoisotopic (exact) mass is 458 g/mol. The highest BCUT2D eigenvalue weighted by atomic mass is 16.6. The van der Waals surface area contributed by atoms with Crippen molar-refractivity contribution in [3.63, 3.8) is 0 Å². The van der Waals surface area contributed by atoms with Crippen molar-refractivity contribution < 1.29 is 24.5 Å². The van der Waals surface area contributed by atoms with Crippen LogP contribution in [-0.2, 0) is 14.3 Å². The van der Waals surface area contributed by atoms with Crippen molar-refractivity contribution in [3.05, 3.63) is 47.1 Å². The number of fused-ring (bicyclic) bond motifs is 1. The molecule has 3 aliphatic carbocycles. The van der Waals surface area contributed by atoms with Crippen LogP contribution in [0.25, 0.3) is 0 Å². The van der Waals surface area contributed by atoms with Crippen LogP contribution in [0.5, 0.6) is 0 Å². The summed E-state index contributed by atoms with van der Waals surface area (Å²) in [5.74, 6) is -1.64. The fourth-order valence-corrected chi connectivity index (χ4v) is 5.66. The van der Waals surface area contributed by atoms with Crippen molar-refractivity contribution in [2.45, 2.75) is 103 Å². The average molecular weight is 459 g/mol. The molecule has 0 aromatic rings. The highest BCUT2D eigenvalue weighted by Gasteiger charge is 2.44. The van der Waals surface area contributed by atoms with E-state index in [1.165, 1.54) is 18.4 Å². The van der Waals surface area contributed by atoms with Crippen molar-refractivity contribution in [3.8, 4) is 0 Å². The van der Waals surface area contributed by atoms with Crippen LogP contribution in [0.3, 0.4) is 0 Å². The Kier molecular flexibility index (Phi) is 7.77. The SMILES string of the molecule is C=C1C(=CC=C2CCC[C@]3(C)C(CC)=CC[C@@H]23)C[C@](O)(OCC(=O)OC(C)(C)CC)CC1O. The first-order valence-electron chi connectivity index (χ1n) is 12.5. The van der Waals surface area contributed by atoms with E-state index in [1.807, 2.05) is 26.8 Å². The molecule has 4 atom stereocenters. The van der Waals surface area contributed by atoms with E-state index < -0.39 is 23.5 Å². The smallest absolute Gasteiger partial charge is 0.332 e. The van der Waals surface area contributed by atoms with Gasteiger partial charge in [0, 0.05) is 12.8 Å². The van der Waals surface area contributed by atoms with E-state index in [0.717, 1.165) is 24.8 Å². The Morgan fingerprint density at radius 2 is 2.06 bits per heavy atom. The molecule has 5 nitrogen and oxygen atoms in total. The number of allylic oxidation sites excluding steroid dienone is 5. The molecular weight excluding hydrogens is 416 g/mol. The molecule has 0 radical (unpaired) electrons. The molecule has 2 saturated carbocycles. The second-order valence-corrected chi connectivity index (χ2v) is 10.8. The zero-order valence-corrected chi connectivity index (χ0v) is 21.1. The molecule has 5 heteroatoms. The lowest BCUT2D eigenvalue weighted by atomic mass is 9.64. The van der Waals surface area contributed by atoms with Crippen LogP contribution in [0.1, 0.15) is 86.0 Å². The van der Waals surface area contributed by atoms with Gasteiger partial charge in [0.25, 0.3) is 0 Å².